The summed E-state index contributed by atoms with van der Waals surface area (Å²) in [6.07, 6.45) is 5.20. The van der Waals surface area contributed by atoms with Crippen molar-refractivity contribution in [3.63, 3.8) is 0 Å². The second-order valence-corrected chi connectivity index (χ2v) is 6.89. The Morgan fingerprint density at radius 1 is 0.957 bits per heavy atom. The maximum absolute atomic E-state index is 13.7. The number of hydrogen-bond acceptors (Lipinski definition) is 0. The molecule has 1 aliphatic carbocycles. The van der Waals surface area contributed by atoms with Crippen molar-refractivity contribution >= 4 is 11.6 Å². The van der Waals surface area contributed by atoms with Gasteiger partial charge in [0.2, 0.25) is 0 Å². The molecule has 2 aromatic carbocycles. The fourth-order valence-electron chi connectivity index (χ4n) is 3.16. The molecule has 0 atom stereocenters. The highest BCUT2D eigenvalue weighted by Crippen LogP contribution is 2.35. The number of rotatable bonds is 1. The van der Waals surface area contributed by atoms with Gasteiger partial charge < -0.3 is 0 Å². The number of hydrogen-bond donors (Lipinski definition) is 0. The number of benzene rings is 2. The van der Waals surface area contributed by atoms with Crippen LogP contribution in [0.5, 0.6) is 0 Å². The molecule has 0 N–H and O–H groups in total. The summed E-state index contributed by atoms with van der Waals surface area (Å²) in [6, 6.07) is 13.0. The lowest BCUT2D eigenvalue weighted by Gasteiger charge is -2.26. The third-order valence-corrected chi connectivity index (χ3v) is 4.91. The molecule has 23 heavy (non-hydrogen) atoms. The quantitative estimate of drug-likeness (QED) is 0.549. The van der Waals surface area contributed by atoms with Crippen LogP contribution in [-0.4, -0.2) is 0 Å². The van der Waals surface area contributed by atoms with E-state index < -0.39 is 0 Å². The number of halogens is 2. The van der Waals surface area contributed by atoms with Crippen LogP contribution in [0.25, 0.3) is 0 Å². The van der Waals surface area contributed by atoms with Crippen molar-refractivity contribution in [1.29, 1.82) is 0 Å². The first-order chi connectivity index (χ1) is 11.1. The van der Waals surface area contributed by atoms with Crippen molar-refractivity contribution in [2.75, 3.05) is 0 Å². The monoisotopic (exact) mass is 326 g/mol. The van der Waals surface area contributed by atoms with Gasteiger partial charge in [0.15, 0.2) is 0 Å². The maximum Gasteiger partial charge on any atom is 0.140 e. The van der Waals surface area contributed by atoms with Crippen LogP contribution in [-0.2, 0) is 0 Å². The lowest BCUT2D eigenvalue weighted by atomic mass is 9.79. The molecule has 0 bridgehead atoms. The Hall–Kier alpha value is -1.78. The zero-order valence-corrected chi connectivity index (χ0v) is 14.0. The molecule has 0 nitrogen and oxygen atoms in total. The van der Waals surface area contributed by atoms with E-state index in [1.807, 2.05) is 12.1 Å². The Balaban J connectivity index is 1.72. The van der Waals surface area contributed by atoms with Crippen molar-refractivity contribution in [3.8, 4) is 11.8 Å². The van der Waals surface area contributed by atoms with Crippen LogP contribution in [0.1, 0.15) is 55.2 Å². The summed E-state index contributed by atoms with van der Waals surface area (Å²) in [5, 5.41) is 0.388. The fraction of sp³-hybridized carbons (Fsp3) is 0.333. The van der Waals surface area contributed by atoms with E-state index in [-0.39, 0.29) is 5.82 Å². The molecule has 2 aromatic rings. The SMILES string of the molecule is CC1CCC(c2ccc(C#Cc3ccc(Cl)cc3F)cc2)CC1. The molecule has 0 amide bonds. The molecule has 0 spiro atoms. The minimum Gasteiger partial charge on any atom is -0.206 e. The Labute approximate surface area is 142 Å². The average Bonchev–Trinajstić information content (AvgIpc) is 2.55. The molecule has 1 fully saturated rings. The van der Waals surface area contributed by atoms with Crippen LogP contribution < -0.4 is 0 Å². The zero-order valence-electron chi connectivity index (χ0n) is 13.3. The Morgan fingerprint density at radius 2 is 1.65 bits per heavy atom. The average molecular weight is 327 g/mol. The molecular formula is C21H20ClF. The lowest BCUT2D eigenvalue weighted by molar-refractivity contribution is 0.348. The van der Waals surface area contributed by atoms with E-state index >= 15 is 0 Å². The minimum atomic E-state index is -0.377. The Bertz CT molecular complexity index is 729. The van der Waals surface area contributed by atoms with Crippen LogP contribution in [0.15, 0.2) is 42.5 Å². The molecule has 0 radical (unpaired) electrons. The second-order valence-electron chi connectivity index (χ2n) is 6.45. The van der Waals surface area contributed by atoms with Crippen LogP contribution in [0.4, 0.5) is 4.39 Å². The van der Waals surface area contributed by atoms with Crippen LogP contribution >= 0.6 is 11.6 Å². The summed E-state index contributed by atoms with van der Waals surface area (Å²) in [7, 11) is 0. The molecule has 0 aliphatic heterocycles. The van der Waals surface area contributed by atoms with E-state index in [2.05, 4.69) is 30.9 Å². The highest BCUT2D eigenvalue weighted by atomic mass is 35.5. The van der Waals surface area contributed by atoms with Crippen molar-refractivity contribution in [2.24, 2.45) is 5.92 Å². The summed E-state index contributed by atoms with van der Waals surface area (Å²) in [5.41, 5.74) is 2.69. The van der Waals surface area contributed by atoms with Gasteiger partial charge >= 0.3 is 0 Å². The molecule has 0 aromatic heterocycles. The standard InChI is InChI=1S/C21H20ClF/c1-15-2-7-17(8-3-15)18-9-4-16(5-10-18)6-11-19-12-13-20(22)14-21(19)23/h4-5,9-10,12-15,17H,2-3,7-8H2,1H3. The fourth-order valence-corrected chi connectivity index (χ4v) is 3.32. The van der Waals surface area contributed by atoms with Crippen LogP contribution in [0.2, 0.25) is 5.02 Å². The van der Waals surface area contributed by atoms with Crippen molar-refractivity contribution in [3.05, 3.63) is 70.0 Å². The highest BCUT2D eigenvalue weighted by molar-refractivity contribution is 6.30. The highest BCUT2D eigenvalue weighted by Gasteiger charge is 2.19. The summed E-state index contributed by atoms with van der Waals surface area (Å²) < 4.78 is 13.7. The maximum atomic E-state index is 13.7. The van der Waals surface area contributed by atoms with Gasteiger partial charge in [0.25, 0.3) is 0 Å². The molecule has 2 heteroatoms. The summed E-state index contributed by atoms with van der Waals surface area (Å²) in [5.74, 6) is 7.07. The minimum absolute atomic E-state index is 0.375. The molecule has 1 saturated carbocycles. The van der Waals surface area contributed by atoms with Gasteiger partial charge in [0, 0.05) is 10.6 Å². The molecule has 0 saturated heterocycles. The first-order valence-corrected chi connectivity index (χ1v) is 8.56. The first-order valence-electron chi connectivity index (χ1n) is 8.19. The predicted molar refractivity (Wildman–Crippen MR) is 94.2 cm³/mol. The Morgan fingerprint density at radius 3 is 2.30 bits per heavy atom. The summed E-state index contributed by atoms with van der Waals surface area (Å²) in [4.78, 5) is 0. The van der Waals surface area contributed by atoms with Gasteiger partial charge in [-0.15, -0.1) is 0 Å². The third-order valence-electron chi connectivity index (χ3n) is 4.67. The van der Waals surface area contributed by atoms with Gasteiger partial charge in [-0.05, 0) is 60.6 Å². The van der Waals surface area contributed by atoms with Gasteiger partial charge in [0.05, 0.1) is 5.56 Å². The normalized spacial score (nSPS) is 20.7. The van der Waals surface area contributed by atoms with E-state index in [0.29, 0.717) is 16.5 Å². The van der Waals surface area contributed by atoms with E-state index in [9.17, 15) is 4.39 Å². The Kier molecular flexibility index (Phi) is 5.03. The van der Waals surface area contributed by atoms with Crippen molar-refractivity contribution in [2.45, 2.75) is 38.5 Å². The topological polar surface area (TPSA) is 0 Å². The van der Waals surface area contributed by atoms with Gasteiger partial charge in [-0.3, -0.25) is 0 Å². The lowest BCUT2D eigenvalue weighted by Crippen LogP contribution is -2.10. The molecule has 0 heterocycles. The smallest absolute Gasteiger partial charge is 0.140 e. The van der Waals surface area contributed by atoms with E-state index in [4.69, 9.17) is 11.6 Å². The van der Waals surface area contributed by atoms with Gasteiger partial charge in [-0.2, -0.15) is 0 Å². The van der Waals surface area contributed by atoms with Gasteiger partial charge in [-0.1, -0.05) is 55.3 Å². The van der Waals surface area contributed by atoms with Crippen molar-refractivity contribution < 1.29 is 4.39 Å². The first kappa shape index (κ1) is 16.1. The molecule has 3 rings (SSSR count). The molecule has 1 aliphatic rings. The zero-order chi connectivity index (χ0) is 16.2. The molecule has 118 valence electrons. The molecular weight excluding hydrogens is 307 g/mol. The summed E-state index contributed by atoms with van der Waals surface area (Å²) >= 11 is 5.75. The predicted octanol–water partition coefficient (Wildman–Crippen LogP) is 6.17. The second kappa shape index (κ2) is 7.20. The van der Waals surface area contributed by atoms with E-state index in [0.717, 1.165) is 11.5 Å². The van der Waals surface area contributed by atoms with Gasteiger partial charge in [0.1, 0.15) is 5.82 Å². The van der Waals surface area contributed by atoms with E-state index in [1.165, 1.54) is 37.3 Å². The van der Waals surface area contributed by atoms with E-state index in [1.54, 1.807) is 12.1 Å². The largest absolute Gasteiger partial charge is 0.206 e. The summed E-state index contributed by atoms with van der Waals surface area (Å²) in [6.45, 7) is 2.34. The van der Waals surface area contributed by atoms with Gasteiger partial charge in [-0.25, -0.2) is 4.39 Å². The molecule has 0 unspecified atom stereocenters. The van der Waals surface area contributed by atoms with Crippen molar-refractivity contribution in [1.82, 2.24) is 0 Å². The van der Waals surface area contributed by atoms with Crippen LogP contribution in [0.3, 0.4) is 0 Å². The van der Waals surface area contributed by atoms with Crippen LogP contribution in [0, 0.1) is 23.6 Å². The third kappa shape index (κ3) is 4.15.